The quantitative estimate of drug-likeness (QED) is 0.630. The average molecular weight is 351 g/mol. The predicted octanol–water partition coefficient (Wildman–Crippen LogP) is 3.57. The molecule has 1 rings (SSSR count). The van der Waals surface area contributed by atoms with Crippen molar-refractivity contribution in [2.75, 3.05) is 19.8 Å². The molecule has 1 unspecified atom stereocenters. The molecule has 6 nitrogen and oxygen atoms in total. The fourth-order valence-corrected chi connectivity index (χ4v) is 2.40. The van der Waals surface area contributed by atoms with Crippen LogP contribution in [0.25, 0.3) is 0 Å². The Morgan fingerprint density at radius 2 is 1.84 bits per heavy atom. The zero-order chi connectivity index (χ0) is 18.7. The van der Waals surface area contributed by atoms with E-state index in [1.165, 1.54) is 0 Å². The third-order valence-corrected chi connectivity index (χ3v) is 3.45. The van der Waals surface area contributed by atoms with Crippen molar-refractivity contribution in [3.05, 3.63) is 35.9 Å². The molecule has 25 heavy (non-hydrogen) atoms. The summed E-state index contributed by atoms with van der Waals surface area (Å²) in [5, 5.41) is 11.7. The van der Waals surface area contributed by atoms with E-state index in [0.717, 1.165) is 18.4 Å². The van der Waals surface area contributed by atoms with Gasteiger partial charge >= 0.3 is 12.1 Å². The third kappa shape index (κ3) is 10.4. The van der Waals surface area contributed by atoms with Crippen molar-refractivity contribution in [3.63, 3.8) is 0 Å². The molecule has 0 saturated heterocycles. The highest BCUT2D eigenvalue weighted by molar-refractivity contribution is 5.68. The molecule has 1 amide bonds. The molecule has 0 heterocycles. The molecule has 0 aliphatic heterocycles. The smallest absolute Gasteiger partial charge is 0.407 e. The van der Waals surface area contributed by atoms with Gasteiger partial charge in [-0.3, -0.25) is 4.79 Å². The lowest BCUT2D eigenvalue weighted by Crippen LogP contribution is -2.34. The van der Waals surface area contributed by atoms with Gasteiger partial charge < -0.3 is 19.9 Å². The topological polar surface area (TPSA) is 84.9 Å². The molecule has 0 bridgehead atoms. The van der Waals surface area contributed by atoms with E-state index in [9.17, 15) is 9.59 Å². The number of carbonyl (C=O) groups excluding carboxylic acids is 1. The molecule has 0 aliphatic rings. The molecule has 2 N–H and O–H groups in total. The lowest BCUT2D eigenvalue weighted by molar-refractivity contribution is -0.137. The number of ether oxygens (including phenoxy) is 2. The van der Waals surface area contributed by atoms with Crippen LogP contribution in [0.15, 0.2) is 30.3 Å². The summed E-state index contributed by atoms with van der Waals surface area (Å²) in [4.78, 5) is 22.5. The number of hydrogen-bond donors (Lipinski definition) is 2. The van der Waals surface area contributed by atoms with Gasteiger partial charge in [-0.25, -0.2) is 4.79 Å². The lowest BCUT2D eigenvalue weighted by Gasteiger charge is -2.19. The number of aliphatic carboxylic acids is 1. The molecule has 140 valence electrons. The van der Waals surface area contributed by atoms with E-state index in [0.29, 0.717) is 19.8 Å². The first-order chi connectivity index (χ1) is 11.8. The normalized spacial score (nSPS) is 12.4. The highest BCUT2D eigenvalue weighted by atomic mass is 16.6. The minimum absolute atomic E-state index is 0.0119. The van der Waals surface area contributed by atoms with Crippen LogP contribution in [-0.4, -0.2) is 42.5 Å². The Labute approximate surface area is 149 Å². The van der Waals surface area contributed by atoms with Gasteiger partial charge in [0.15, 0.2) is 0 Å². The maximum atomic E-state index is 11.5. The standard InChI is InChI=1S/C19H29NO5/c1-19(2,3)25-18(23)20-11-13-24-12-7-10-16(14-17(21)22)15-8-5-4-6-9-15/h4-6,8-9,16H,7,10-14H2,1-3H3,(H,20,23)(H,21,22). The second kappa shape index (κ2) is 10.7. The summed E-state index contributed by atoms with van der Waals surface area (Å²) in [5.41, 5.74) is 0.526. The Kier molecular flexibility index (Phi) is 8.99. The van der Waals surface area contributed by atoms with Gasteiger partial charge in [0.1, 0.15) is 5.60 Å². The number of hydrogen-bond acceptors (Lipinski definition) is 4. The van der Waals surface area contributed by atoms with Gasteiger partial charge in [0.2, 0.25) is 0 Å². The third-order valence-electron chi connectivity index (χ3n) is 3.45. The Hall–Kier alpha value is -2.08. The van der Waals surface area contributed by atoms with Crippen LogP contribution in [0.1, 0.15) is 51.5 Å². The van der Waals surface area contributed by atoms with Crippen molar-refractivity contribution in [3.8, 4) is 0 Å². The van der Waals surface area contributed by atoms with Gasteiger partial charge in [0, 0.05) is 13.2 Å². The van der Waals surface area contributed by atoms with Crippen molar-refractivity contribution in [2.24, 2.45) is 0 Å². The number of carboxylic acid groups (broad SMARTS) is 1. The van der Waals surface area contributed by atoms with Crippen molar-refractivity contribution >= 4 is 12.1 Å². The number of carboxylic acids is 1. The minimum Gasteiger partial charge on any atom is -0.481 e. The van der Waals surface area contributed by atoms with Crippen LogP contribution in [0.4, 0.5) is 4.79 Å². The molecular weight excluding hydrogens is 322 g/mol. The van der Waals surface area contributed by atoms with Gasteiger partial charge in [-0.15, -0.1) is 0 Å². The predicted molar refractivity (Wildman–Crippen MR) is 95.7 cm³/mol. The fourth-order valence-electron chi connectivity index (χ4n) is 2.40. The van der Waals surface area contributed by atoms with Gasteiger partial charge in [0.25, 0.3) is 0 Å². The van der Waals surface area contributed by atoms with Crippen molar-refractivity contribution in [1.82, 2.24) is 5.32 Å². The largest absolute Gasteiger partial charge is 0.481 e. The molecule has 6 heteroatoms. The van der Waals surface area contributed by atoms with E-state index < -0.39 is 17.7 Å². The van der Waals surface area contributed by atoms with Crippen LogP contribution in [0.5, 0.6) is 0 Å². The van der Waals surface area contributed by atoms with Crippen LogP contribution in [0.3, 0.4) is 0 Å². The first kappa shape index (κ1) is 21.0. The second-order valence-corrected chi connectivity index (χ2v) is 6.89. The van der Waals surface area contributed by atoms with Gasteiger partial charge in [-0.05, 0) is 45.1 Å². The highest BCUT2D eigenvalue weighted by Gasteiger charge is 2.16. The summed E-state index contributed by atoms with van der Waals surface area (Å²) in [6, 6.07) is 9.67. The van der Waals surface area contributed by atoms with E-state index in [2.05, 4.69) is 5.32 Å². The van der Waals surface area contributed by atoms with E-state index in [1.54, 1.807) is 0 Å². The summed E-state index contributed by atoms with van der Waals surface area (Å²) < 4.78 is 10.6. The lowest BCUT2D eigenvalue weighted by atomic mass is 9.91. The van der Waals surface area contributed by atoms with E-state index in [1.807, 2.05) is 51.1 Å². The number of amides is 1. The molecule has 0 fully saturated rings. The number of alkyl carbamates (subject to hydrolysis) is 1. The Balaban J connectivity index is 2.20. The zero-order valence-electron chi connectivity index (χ0n) is 15.3. The van der Waals surface area contributed by atoms with E-state index >= 15 is 0 Å². The fraction of sp³-hybridized carbons (Fsp3) is 0.579. The number of rotatable bonds is 10. The van der Waals surface area contributed by atoms with Gasteiger partial charge in [0.05, 0.1) is 13.0 Å². The molecule has 1 aromatic rings. The minimum atomic E-state index is -0.795. The maximum absolute atomic E-state index is 11.5. The molecule has 0 radical (unpaired) electrons. The Bertz CT molecular complexity index is 524. The maximum Gasteiger partial charge on any atom is 0.407 e. The number of carbonyl (C=O) groups is 2. The molecule has 0 aliphatic carbocycles. The zero-order valence-corrected chi connectivity index (χ0v) is 15.3. The van der Waals surface area contributed by atoms with Crippen molar-refractivity contribution in [1.29, 1.82) is 0 Å². The Morgan fingerprint density at radius 1 is 1.16 bits per heavy atom. The number of nitrogens with one attached hydrogen (secondary N) is 1. The van der Waals surface area contributed by atoms with Gasteiger partial charge in [-0.1, -0.05) is 30.3 Å². The summed E-state index contributed by atoms with van der Waals surface area (Å²) in [7, 11) is 0. The monoisotopic (exact) mass is 351 g/mol. The summed E-state index contributed by atoms with van der Waals surface area (Å²) in [6.07, 6.45) is 1.17. The van der Waals surface area contributed by atoms with E-state index in [-0.39, 0.29) is 12.3 Å². The molecule has 1 aromatic carbocycles. The highest BCUT2D eigenvalue weighted by Crippen LogP contribution is 2.24. The van der Waals surface area contributed by atoms with Crippen molar-refractivity contribution in [2.45, 2.75) is 51.6 Å². The molecular formula is C19H29NO5. The Morgan fingerprint density at radius 3 is 2.44 bits per heavy atom. The van der Waals surface area contributed by atoms with Crippen LogP contribution in [-0.2, 0) is 14.3 Å². The molecule has 0 aromatic heterocycles. The van der Waals surface area contributed by atoms with Crippen LogP contribution >= 0.6 is 0 Å². The SMILES string of the molecule is CC(C)(C)OC(=O)NCCOCCCC(CC(=O)O)c1ccccc1. The summed E-state index contributed by atoms with van der Waals surface area (Å²) >= 11 is 0. The summed E-state index contributed by atoms with van der Waals surface area (Å²) in [5.74, 6) is -0.807. The van der Waals surface area contributed by atoms with Crippen LogP contribution < -0.4 is 5.32 Å². The molecule has 0 saturated carbocycles. The second-order valence-electron chi connectivity index (χ2n) is 6.89. The van der Waals surface area contributed by atoms with Crippen molar-refractivity contribution < 1.29 is 24.2 Å². The van der Waals surface area contributed by atoms with E-state index in [4.69, 9.17) is 14.6 Å². The number of benzene rings is 1. The van der Waals surface area contributed by atoms with Crippen LogP contribution in [0, 0.1) is 0 Å². The molecule has 0 spiro atoms. The summed E-state index contributed by atoms with van der Waals surface area (Å²) in [6.45, 7) is 6.73. The van der Waals surface area contributed by atoms with Gasteiger partial charge in [-0.2, -0.15) is 0 Å². The first-order valence-corrected chi connectivity index (χ1v) is 8.59. The molecule has 1 atom stereocenters. The van der Waals surface area contributed by atoms with Crippen LogP contribution in [0.2, 0.25) is 0 Å². The average Bonchev–Trinajstić information content (AvgIpc) is 2.51. The first-order valence-electron chi connectivity index (χ1n) is 8.59.